The number of unbranched alkanes of at least 4 members (excludes halogenated alkanes) is 2. The number of fused-ring (bicyclic) bond motifs is 1. The van der Waals surface area contributed by atoms with Gasteiger partial charge in [0.25, 0.3) is 0 Å². The summed E-state index contributed by atoms with van der Waals surface area (Å²) in [5.74, 6) is 1.60. The number of ether oxygens (including phenoxy) is 2. The van der Waals surface area contributed by atoms with Crippen molar-refractivity contribution in [2.45, 2.75) is 64.5 Å². The SMILES string of the molecule is CCCCCOc1cc(N2CCCN(Cc3ccnc4c3ccn4CC(=O)N3CCOCC3)C2=O)ccc1C1CC1. The standard InChI is InChI=1S/C32H41N5O4/c1-2-3-4-18-41-29-21-26(8-9-27(29)24-6-7-24)37-14-5-13-36(32(37)39)22-25-10-12-33-31-28(25)11-15-35(31)23-30(38)34-16-19-40-20-17-34/h8-12,15,21,24H,2-7,13-14,16-20,22-23H2,1H3. The molecule has 4 heterocycles. The third-order valence-corrected chi connectivity index (χ3v) is 8.43. The molecule has 2 aromatic heterocycles. The van der Waals surface area contributed by atoms with Crippen LogP contribution in [0, 0.1) is 0 Å². The fourth-order valence-corrected chi connectivity index (χ4v) is 5.93. The molecule has 218 valence electrons. The molecule has 0 radical (unpaired) electrons. The molecule has 3 aromatic rings. The molecule has 2 aliphatic heterocycles. The van der Waals surface area contributed by atoms with Gasteiger partial charge in [0.2, 0.25) is 5.91 Å². The third-order valence-electron chi connectivity index (χ3n) is 8.43. The second kappa shape index (κ2) is 12.5. The van der Waals surface area contributed by atoms with Gasteiger partial charge in [-0.1, -0.05) is 25.8 Å². The minimum Gasteiger partial charge on any atom is -0.493 e. The van der Waals surface area contributed by atoms with Crippen molar-refractivity contribution in [1.82, 2.24) is 19.4 Å². The van der Waals surface area contributed by atoms with E-state index in [0.29, 0.717) is 58.5 Å². The molecule has 3 amide bonds. The second-order valence-corrected chi connectivity index (χ2v) is 11.4. The van der Waals surface area contributed by atoms with E-state index in [0.717, 1.165) is 53.7 Å². The third kappa shape index (κ3) is 6.20. The Morgan fingerprint density at radius 2 is 1.93 bits per heavy atom. The number of nitrogens with zero attached hydrogens (tertiary/aromatic N) is 5. The molecule has 0 atom stereocenters. The fraction of sp³-hybridized carbons (Fsp3) is 0.531. The summed E-state index contributed by atoms with van der Waals surface area (Å²) in [4.78, 5) is 36.9. The Labute approximate surface area is 242 Å². The number of hydrogen-bond acceptors (Lipinski definition) is 5. The quantitative estimate of drug-likeness (QED) is 0.303. The molecule has 41 heavy (non-hydrogen) atoms. The smallest absolute Gasteiger partial charge is 0.324 e. The zero-order chi connectivity index (χ0) is 28.2. The monoisotopic (exact) mass is 559 g/mol. The van der Waals surface area contributed by atoms with E-state index in [1.54, 1.807) is 6.20 Å². The highest BCUT2D eigenvalue weighted by molar-refractivity contribution is 5.93. The fourth-order valence-electron chi connectivity index (χ4n) is 5.93. The van der Waals surface area contributed by atoms with Crippen LogP contribution >= 0.6 is 0 Å². The number of amides is 3. The summed E-state index contributed by atoms with van der Waals surface area (Å²) in [6.45, 7) is 7.47. The molecular formula is C32H41N5O4. The lowest BCUT2D eigenvalue weighted by Crippen LogP contribution is -2.49. The van der Waals surface area contributed by atoms with E-state index in [1.165, 1.54) is 18.4 Å². The second-order valence-electron chi connectivity index (χ2n) is 11.4. The zero-order valence-corrected chi connectivity index (χ0v) is 24.1. The maximum Gasteiger partial charge on any atom is 0.324 e. The van der Waals surface area contributed by atoms with Gasteiger partial charge in [-0.15, -0.1) is 0 Å². The van der Waals surface area contributed by atoms with Crippen LogP contribution in [0.5, 0.6) is 5.75 Å². The van der Waals surface area contributed by atoms with Crippen LogP contribution in [0.2, 0.25) is 0 Å². The Kier molecular flexibility index (Phi) is 8.41. The predicted molar refractivity (Wildman–Crippen MR) is 158 cm³/mol. The molecule has 1 aliphatic carbocycles. The summed E-state index contributed by atoms with van der Waals surface area (Å²) in [7, 11) is 0. The summed E-state index contributed by atoms with van der Waals surface area (Å²) in [5.41, 5.74) is 3.99. The molecular weight excluding hydrogens is 518 g/mol. The molecule has 1 aromatic carbocycles. The number of urea groups is 1. The number of carbonyl (C=O) groups excluding carboxylic acids is 2. The number of carbonyl (C=O) groups is 2. The van der Waals surface area contributed by atoms with E-state index in [-0.39, 0.29) is 18.5 Å². The van der Waals surface area contributed by atoms with Gasteiger partial charge in [0.1, 0.15) is 17.9 Å². The van der Waals surface area contributed by atoms with Gasteiger partial charge in [0.15, 0.2) is 0 Å². The predicted octanol–water partition coefficient (Wildman–Crippen LogP) is 5.17. The summed E-state index contributed by atoms with van der Waals surface area (Å²) in [6.07, 6.45) is 10.4. The topological polar surface area (TPSA) is 80.1 Å². The molecule has 9 heteroatoms. The molecule has 3 aliphatic rings. The van der Waals surface area contributed by atoms with Crippen molar-refractivity contribution in [2.75, 3.05) is 50.9 Å². The van der Waals surface area contributed by atoms with Crippen LogP contribution in [0.1, 0.15) is 62.5 Å². The van der Waals surface area contributed by atoms with Gasteiger partial charge in [-0.05, 0) is 60.9 Å². The number of benzene rings is 1. The maximum atomic E-state index is 13.8. The Bertz CT molecular complexity index is 1380. The number of aromatic nitrogens is 2. The van der Waals surface area contributed by atoms with Crippen LogP contribution in [-0.2, 0) is 22.6 Å². The highest BCUT2D eigenvalue weighted by atomic mass is 16.5. The maximum absolute atomic E-state index is 13.8. The number of morpholine rings is 1. The normalized spacial score (nSPS) is 17.9. The van der Waals surface area contributed by atoms with Gasteiger partial charge in [-0.25, -0.2) is 9.78 Å². The number of pyridine rings is 1. The molecule has 0 spiro atoms. The first-order valence-corrected chi connectivity index (χ1v) is 15.2. The molecule has 0 unspecified atom stereocenters. The Balaban J connectivity index is 1.16. The molecule has 9 nitrogen and oxygen atoms in total. The first-order chi connectivity index (χ1) is 20.1. The lowest BCUT2D eigenvalue weighted by Gasteiger charge is -2.36. The van der Waals surface area contributed by atoms with Crippen molar-refractivity contribution < 1.29 is 19.1 Å². The lowest BCUT2D eigenvalue weighted by atomic mass is 10.1. The van der Waals surface area contributed by atoms with Gasteiger partial charge >= 0.3 is 6.03 Å². The van der Waals surface area contributed by atoms with Crippen LogP contribution in [0.3, 0.4) is 0 Å². The van der Waals surface area contributed by atoms with Gasteiger partial charge in [0.05, 0.1) is 19.8 Å². The largest absolute Gasteiger partial charge is 0.493 e. The van der Waals surface area contributed by atoms with E-state index in [2.05, 4.69) is 30.1 Å². The summed E-state index contributed by atoms with van der Waals surface area (Å²) in [6, 6.07) is 10.3. The van der Waals surface area contributed by atoms with E-state index in [9.17, 15) is 9.59 Å². The lowest BCUT2D eigenvalue weighted by molar-refractivity contribution is -0.135. The van der Waals surface area contributed by atoms with Gasteiger partial charge in [0, 0.05) is 62.3 Å². The molecule has 1 saturated carbocycles. The summed E-state index contributed by atoms with van der Waals surface area (Å²) < 4.78 is 13.5. The minimum absolute atomic E-state index is 0.0132. The Morgan fingerprint density at radius 1 is 1.07 bits per heavy atom. The van der Waals surface area contributed by atoms with E-state index in [1.807, 2.05) is 37.6 Å². The molecule has 0 N–H and O–H groups in total. The number of hydrogen-bond donors (Lipinski definition) is 0. The van der Waals surface area contributed by atoms with Crippen molar-refractivity contribution in [3.05, 3.63) is 53.9 Å². The van der Waals surface area contributed by atoms with Crippen LogP contribution in [0.15, 0.2) is 42.7 Å². The molecule has 0 bridgehead atoms. The first-order valence-electron chi connectivity index (χ1n) is 15.2. The van der Waals surface area contributed by atoms with Gasteiger partial charge in [-0.3, -0.25) is 9.69 Å². The van der Waals surface area contributed by atoms with Crippen molar-refractivity contribution in [3.8, 4) is 5.75 Å². The highest BCUT2D eigenvalue weighted by Crippen LogP contribution is 2.45. The van der Waals surface area contributed by atoms with Crippen LogP contribution in [0.25, 0.3) is 11.0 Å². The van der Waals surface area contributed by atoms with Crippen LogP contribution in [-0.4, -0.2) is 77.3 Å². The summed E-state index contributed by atoms with van der Waals surface area (Å²) in [5, 5.41) is 0.976. The van der Waals surface area contributed by atoms with Crippen LogP contribution in [0.4, 0.5) is 10.5 Å². The number of anilines is 1. The van der Waals surface area contributed by atoms with E-state index < -0.39 is 0 Å². The first kappa shape index (κ1) is 27.6. The average molecular weight is 560 g/mol. The zero-order valence-electron chi connectivity index (χ0n) is 24.1. The highest BCUT2D eigenvalue weighted by Gasteiger charge is 2.31. The minimum atomic E-state index is 0.0132. The molecule has 6 rings (SSSR count). The van der Waals surface area contributed by atoms with Crippen molar-refractivity contribution in [2.24, 2.45) is 0 Å². The van der Waals surface area contributed by atoms with Gasteiger partial charge in [-0.2, -0.15) is 0 Å². The summed E-state index contributed by atoms with van der Waals surface area (Å²) >= 11 is 0. The van der Waals surface area contributed by atoms with Crippen molar-refractivity contribution in [3.63, 3.8) is 0 Å². The Hall–Kier alpha value is -3.59. The molecule has 2 saturated heterocycles. The molecule has 3 fully saturated rings. The van der Waals surface area contributed by atoms with Crippen molar-refractivity contribution in [1.29, 1.82) is 0 Å². The van der Waals surface area contributed by atoms with E-state index in [4.69, 9.17) is 9.47 Å². The van der Waals surface area contributed by atoms with Gasteiger partial charge < -0.3 is 23.8 Å². The van der Waals surface area contributed by atoms with E-state index >= 15 is 0 Å². The average Bonchev–Trinajstić information content (AvgIpc) is 3.77. The number of rotatable bonds is 11. The van der Waals surface area contributed by atoms with Crippen LogP contribution < -0.4 is 9.64 Å². The van der Waals surface area contributed by atoms with Crippen molar-refractivity contribution >= 4 is 28.7 Å². The Morgan fingerprint density at radius 3 is 2.73 bits per heavy atom.